The molecule has 1 aliphatic rings. The van der Waals surface area contributed by atoms with Crippen LogP contribution in [0.4, 0.5) is 11.8 Å². The molecule has 2 rings (SSSR count). The fourth-order valence-electron chi connectivity index (χ4n) is 2.24. The number of carbonyl (C=O) groups is 1. The Hall–Kier alpha value is -1.89. The molecule has 1 aromatic heterocycles. The highest BCUT2D eigenvalue weighted by atomic mass is 16.2. The van der Waals surface area contributed by atoms with Crippen molar-refractivity contribution in [3.8, 4) is 0 Å². The Balaban J connectivity index is 2.13. The first kappa shape index (κ1) is 13.5. The molecule has 104 valence electrons. The van der Waals surface area contributed by atoms with Gasteiger partial charge in [-0.15, -0.1) is 0 Å². The molecular formula is C12H20N6O. The third kappa shape index (κ3) is 3.31. The van der Waals surface area contributed by atoms with E-state index in [1.165, 1.54) is 0 Å². The summed E-state index contributed by atoms with van der Waals surface area (Å²) in [5.74, 6) is 6.76. The summed E-state index contributed by atoms with van der Waals surface area (Å²) in [6.07, 6.45) is 0.939. The van der Waals surface area contributed by atoms with Crippen molar-refractivity contribution in [2.24, 2.45) is 5.84 Å². The molecule has 0 atom stereocenters. The third-order valence-electron chi connectivity index (χ3n) is 3.24. The smallest absolute Gasteiger partial charge is 0.239 e. The summed E-state index contributed by atoms with van der Waals surface area (Å²) in [5, 5.41) is 0. The van der Waals surface area contributed by atoms with Gasteiger partial charge in [-0.1, -0.05) is 0 Å². The monoisotopic (exact) mass is 264 g/mol. The van der Waals surface area contributed by atoms with E-state index >= 15 is 0 Å². The molecule has 1 saturated heterocycles. The predicted octanol–water partition coefficient (Wildman–Crippen LogP) is 0.129. The standard InChI is InChI=1S/C12H20N6O/c1-9-8-11(15-12(14-9)16-13)18-5-3-4-17(6-7-18)10(2)19/h8H,3-7,13H2,1-2H3,(H,14,15,16). The van der Waals surface area contributed by atoms with E-state index < -0.39 is 0 Å². The number of aromatic nitrogens is 2. The Morgan fingerprint density at radius 1 is 1.32 bits per heavy atom. The summed E-state index contributed by atoms with van der Waals surface area (Å²) in [5.41, 5.74) is 3.34. The summed E-state index contributed by atoms with van der Waals surface area (Å²) >= 11 is 0. The van der Waals surface area contributed by atoms with Crippen LogP contribution in [0.2, 0.25) is 0 Å². The fourth-order valence-corrected chi connectivity index (χ4v) is 2.24. The lowest BCUT2D eigenvalue weighted by atomic mass is 10.3. The maximum atomic E-state index is 11.4. The lowest BCUT2D eigenvalue weighted by molar-refractivity contribution is -0.128. The number of rotatable bonds is 2. The van der Waals surface area contributed by atoms with Crippen LogP contribution < -0.4 is 16.2 Å². The van der Waals surface area contributed by atoms with Gasteiger partial charge in [0, 0.05) is 44.9 Å². The van der Waals surface area contributed by atoms with Gasteiger partial charge < -0.3 is 9.80 Å². The van der Waals surface area contributed by atoms with Crippen molar-refractivity contribution in [1.29, 1.82) is 0 Å². The normalized spacial score (nSPS) is 16.2. The number of nitrogen functional groups attached to an aromatic ring is 1. The minimum Gasteiger partial charge on any atom is -0.355 e. The average molecular weight is 264 g/mol. The molecule has 1 aliphatic heterocycles. The number of nitrogens with zero attached hydrogens (tertiary/aromatic N) is 4. The molecule has 1 aromatic rings. The van der Waals surface area contributed by atoms with Gasteiger partial charge in [-0.3, -0.25) is 10.2 Å². The van der Waals surface area contributed by atoms with Gasteiger partial charge in [0.05, 0.1) is 0 Å². The van der Waals surface area contributed by atoms with E-state index in [-0.39, 0.29) is 5.91 Å². The number of nitrogens with one attached hydrogen (secondary N) is 1. The second kappa shape index (κ2) is 5.83. The quantitative estimate of drug-likeness (QED) is 0.583. The van der Waals surface area contributed by atoms with Crippen molar-refractivity contribution >= 4 is 17.7 Å². The van der Waals surface area contributed by atoms with Gasteiger partial charge in [0.15, 0.2) is 0 Å². The van der Waals surface area contributed by atoms with Crippen molar-refractivity contribution in [2.75, 3.05) is 36.5 Å². The summed E-state index contributed by atoms with van der Waals surface area (Å²) in [4.78, 5) is 24.0. The van der Waals surface area contributed by atoms with Crippen LogP contribution in [0, 0.1) is 6.92 Å². The molecule has 0 unspecified atom stereocenters. The van der Waals surface area contributed by atoms with E-state index in [0.29, 0.717) is 5.95 Å². The highest BCUT2D eigenvalue weighted by Gasteiger charge is 2.18. The molecule has 1 amide bonds. The van der Waals surface area contributed by atoms with Crippen molar-refractivity contribution < 1.29 is 4.79 Å². The summed E-state index contributed by atoms with van der Waals surface area (Å²) < 4.78 is 0. The number of aryl methyl sites for hydroxylation is 1. The lowest BCUT2D eigenvalue weighted by Crippen LogP contribution is -2.34. The van der Waals surface area contributed by atoms with Crippen molar-refractivity contribution in [3.63, 3.8) is 0 Å². The minimum atomic E-state index is 0.130. The number of amides is 1. The maximum absolute atomic E-state index is 11.4. The molecule has 0 bridgehead atoms. The number of hydrogen-bond donors (Lipinski definition) is 2. The first-order valence-corrected chi connectivity index (χ1v) is 6.43. The number of hydrogen-bond acceptors (Lipinski definition) is 6. The van der Waals surface area contributed by atoms with Crippen molar-refractivity contribution in [1.82, 2.24) is 14.9 Å². The van der Waals surface area contributed by atoms with Gasteiger partial charge in [0.2, 0.25) is 11.9 Å². The van der Waals surface area contributed by atoms with E-state index in [2.05, 4.69) is 20.3 Å². The highest BCUT2D eigenvalue weighted by Crippen LogP contribution is 2.16. The number of carbonyl (C=O) groups excluding carboxylic acids is 1. The Morgan fingerprint density at radius 2 is 2.11 bits per heavy atom. The molecule has 19 heavy (non-hydrogen) atoms. The Bertz CT molecular complexity index is 464. The van der Waals surface area contributed by atoms with Gasteiger partial charge in [0.25, 0.3) is 0 Å². The van der Waals surface area contributed by atoms with Crippen molar-refractivity contribution in [3.05, 3.63) is 11.8 Å². The van der Waals surface area contributed by atoms with Crippen molar-refractivity contribution in [2.45, 2.75) is 20.3 Å². The zero-order chi connectivity index (χ0) is 13.8. The average Bonchev–Trinajstić information content (AvgIpc) is 2.63. The largest absolute Gasteiger partial charge is 0.355 e. The molecule has 3 N–H and O–H groups in total. The zero-order valence-corrected chi connectivity index (χ0v) is 11.4. The van der Waals surface area contributed by atoms with E-state index in [1.54, 1.807) is 6.92 Å². The molecule has 0 aliphatic carbocycles. The lowest BCUT2D eigenvalue weighted by Gasteiger charge is -2.22. The van der Waals surface area contributed by atoms with Gasteiger partial charge >= 0.3 is 0 Å². The molecule has 0 spiro atoms. The number of nitrogens with two attached hydrogens (primary N) is 1. The second-order valence-electron chi connectivity index (χ2n) is 4.68. The summed E-state index contributed by atoms with van der Waals surface area (Å²) in [6, 6.07) is 1.93. The molecule has 0 radical (unpaired) electrons. The Labute approximate surface area is 112 Å². The fraction of sp³-hybridized carbons (Fsp3) is 0.583. The predicted molar refractivity (Wildman–Crippen MR) is 73.7 cm³/mol. The van der Waals surface area contributed by atoms with E-state index in [4.69, 9.17) is 5.84 Å². The van der Waals surface area contributed by atoms with Gasteiger partial charge in [-0.05, 0) is 13.3 Å². The van der Waals surface area contributed by atoms with E-state index in [9.17, 15) is 4.79 Å². The molecule has 2 heterocycles. The van der Waals surface area contributed by atoms with Crippen LogP contribution in [-0.4, -0.2) is 47.0 Å². The maximum Gasteiger partial charge on any atom is 0.239 e. The Kier molecular flexibility index (Phi) is 4.16. The summed E-state index contributed by atoms with van der Waals surface area (Å²) in [7, 11) is 0. The SMILES string of the molecule is CC(=O)N1CCCN(c2cc(C)nc(NN)n2)CC1. The molecule has 0 aromatic carbocycles. The number of anilines is 2. The first-order valence-electron chi connectivity index (χ1n) is 6.43. The highest BCUT2D eigenvalue weighted by molar-refractivity contribution is 5.73. The first-order chi connectivity index (χ1) is 9.10. The van der Waals surface area contributed by atoms with Crippen LogP contribution in [0.25, 0.3) is 0 Å². The van der Waals surface area contributed by atoms with Crippen LogP contribution in [0.15, 0.2) is 6.07 Å². The molecule has 0 saturated carbocycles. The van der Waals surface area contributed by atoms with Crippen LogP contribution in [0.3, 0.4) is 0 Å². The molecular weight excluding hydrogens is 244 g/mol. The number of hydrazine groups is 1. The van der Waals surface area contributed by atoms with E-state index in [0.717, 1.165) is 44.1 Å². The van der Waals surface area contributed by atoms with Gasteiger partial charge in [-0.25, -0.2) is 10.8 Å². The topological polar surface area (TPSA) is 87.4 Å². The van der Waals surface area contributed by atoms with Crippen LogP contribution in [0.5, 0.6) is 0 Å². The minimum absolute atomic E-state index is 0.130. The zero-order valence-electron chi connectivity index (χ0n) is 11.4. The molecule has 1 fully saturated rings. The van der Waals surface area contributed by atoms with Crippen LogP contribution in [-0.2, 0) is 4.79 Å². The van der Waals surface area contributed by atoms with Crippen LogP contribution >= 0.6 is 0 Å². The molecule has 7 nitrogen and oxygen atoms in total. The van der Waals surface area contributed by atoms with Crippen LogP contribution in [0.1, 0.15) is 19.0 Å². The third-order valence-corrected chi connectivity index (χ3v) is 3.24. The molecule has 7 heteroatoms. The summed E-state index contributed by atoms with van der Waals surface area (Å²) in [6.45, 7) is 6.71. The second-order valence-corrected chi connectivity index (χ2v) is 4.68. The van der Waals surface area contributed by atoms with Gasteiger partial charge in [-0.2, -0.15) is 4.98 Å². The Morgan fingerprint density at radius 3 is 2.79 bits per heavy atom. The van der Waals surface area contributed by atoms with E-state index in [1.807, 2.05) is 17.9 Å². The van der Waals surface area contributed by atoms with Gasteiger partial charge in [0.1, 0.15) is 5.82 Å².